The van der Waals surface area contributed by atoms with Gasteiger partial charge in [0.25, 0.3) is 5.91 Å². The van der Waals surface area contributed by atoms with Gasteiger partial charge in [0.15, 0.2) is 0 Å². The fourth-order valence-electron chi connectivity index (χ4n) is 1.62. The van der Waals surface area contributed by atoms with Gasteiger partial charge in [-0.15, -0.1) is 0 Å². The highest BCUT2D eigenvalue weighted by molar-refractivity contribution is 5.94. The van der Waals surface area contributed by atoms with Crippen molar-refractivity contribution < 1.29 is 4.79 Å². The third-order valence-corrected chi connectivity index (χ3v) is 2.61. The number of rotatable bonds is 3. The molecule has 1 amide bonds. The number of carbonyl (C=O) groups is 1. The quantitative estimate of drug-likeness (QED) is 0.874. The molecule has 1 unspecified atom stereocenters. The summed E-state index contributed by atoms with van der Waals surface area (Å²) in [5, 5.41) is 7.02. The highest BCUT2D eigenvalue weighted by Gasteiger charge is 2.11. The largest absolute Gasteiger partial charge is 0.345 e. The molecule has 0 aliphatic heterocycles. The molecule has 0 radical (unpaired) electrons. The summed E-state index contributed by atoms with van der Waals surface area (Å²) < 4.78 is 1.72. The number of benzene rings is 1. The number of aryl methyl sites for hydroxylation is 1. The Balaban J connectivity index is 2.04. The normalized spacial score (nSPS) is 12.1. The predicted molar refractivity (Wildman–Crippen MR) is 65.5 cm³/mol. The first kappa shape index (κ1) is 11.4. The lowest BCUT2D eigenvalue weighted by Crippen LogP contribution is -2.26. The molecule has 4 heteroatoms. The molecule has 2 rings (SSSR count). The molecule has 0 aliphatic carbocycles. The molecule has 17 heavy (non-hydrogen) atoms. The first-order valence-electron chi connectivity index (χ1n) is 5.51. The van der Waals surface area contributed by atoms with Gasteiger partial charge in [-0.25, -0.2) is 0 Å². The van der Waals surface area contributed by atoms with Crippen molar-refractivity contribution in [3.05, 3.63) is 53.9 Å². The van der Waals surface area contributed by atoms with Gasteiger partial charge in [0.05, 0.1) is 12.2 Å². The topological polar surface area (TPSA) is 46.9 Å². The number of amides is 1. The molecule has 0 saturated heterocycles. The van der Waals surface area contributed by atoms with E-state index in [0.717, 1.165) is 5.56 Å². The summed E-state index contributed by atoms with van der Waals surface area (Å²) in [6.07, 6.45) is 3.66. The van der Waals surface area contributed by atoms with Crippen molar-refractivity contribution in [3.63, 3.8) is 0 Å². The maximum absolute atomic E-state index is 11.9. The van der Waals surface area contributed by atoms with Gasteiger partial charge < -0.3 is 5.32 Å². The molecule has 88 valence electrons. The van der Waals surface area contributed by atoms with Crippen LogP contribution in [0.3, 0.4) is 0 Å². The van der Waals surface area contributed by atoms with Gasteiger partial charge in [0.1, 0.15) is 0 Å². The molecule has 1 atom stereocenters. The lowest BCUT2D eigenvalue weighted by Gasteiger charge is -2.11. The molecule has 1 N–H and O–H groups in total. The van der Waals surface area contributed by atoms with Crippen molar-refractivity contribution in [2.45, 2.75) is 13.0 Å². The van der Waals surface area contributed by atoms with Crippen molar-refractivity contribution in [1.82, 2.24) is 15.1 Å². The summed E-state index contributed by atoms with van der Waals surface area (Å²) in [5.41, 5.74) is 1.67. The maximum atomic E-state index is 11.9. The van der Waals surface area contributed by atoms with Gasteiger partial charge >= 0.3 is 0 Å². The first-order chi connectivity index (χ1) is 8.16. The Morgan fingerprint density at radius 1 is 1.35 bits per heavy atom. The van der Waals surface area contributed by atoms with E-state index in [-0.39, 0.29) is 11.9 Å². The minimum absolute atomic E-state index is 0.0450. The Kier molecular flexibility index (Phi) is 3.23. The van der Waals surface area contributed by atoms with Crippen LogP contribution in [0.25, 0.3) is 0 Å². The number of nitrogens with zero attached hydrogens (tertiary/aromatic N) is 2. The van der Waals surface area contributed by atoms with Crippen LogP contribution in [0.5, 0.6) is 0 Å². The van der Waals surface area contributed by atoms with Crippen molar-refractivity contribution in [1.29, 1.82) is 0 Å². The number of hydrogen-bond donors (Lipinski definition) is 1. The van der Waals surface area contributed by atoms with E-state index in [4.69, 9.17) is 0 Å². The molecule has 0 fully saturated rings. The highest BCUT2D eigenvalue weighted by Crippen LogP contribution is 2.11. The molecule has 0 saturated carbocycles. The zero-order chi connectivity index (χ0) is 12.3. The lowest BCUT2D eigenvalue weighted by atomic mass is 10.1. The van der Waals surface area contributed by atoms with Gasteiger partial charge in [0.2, 0.25) is 0 Å². The van der Waals surface area contributed by atoms with Crippen molar-refractivity contribution >= 4 is 5.91 Å². The van der Waals surface area contributed by atoms with Gasteiger partial charge in [-0.3, -0.25) is 9.48 Å². The van der Waals surface area contributed by atoms with Crippen molar-refractivity contribution in [2.24, 2.45) is 7.05 Å². The first-order valence-corrected chi connectivity index (χ1v) is 5.51. The maximum Gasteiger partial charge on any atom is 0.251 e. The van der Waals surface area contributed by atoms with Crippen LogP contribution in [0.4, 0.5) is 0 Å². The third-order valence-electron chi connectivity index (χ3n) is 2.61. The molecule has 0 spiro atoms. The van der Waals surface area contributed by atoms with Crippen LogP contribution in [-0.2, 0) is 7.05 Å². The van der Waals surface area contributed by atoms with E-state index in [1.807, 2.05) is 38.4 Å². The van der Waals surface area contributed by atoms with Crippen LogP contribution in [0.1, 0.15) is 28.9 Å². The van der Waals surface area contributed by atoms with E-state index < -0.39 is 0 Å². The second-order valence-corrected chi connectivity index (χ2v) is 4.01. The number of nitrogens with one attached hydrogen (secondary N) is 1. The van der Waals surface area contributed by atoms with Crippen LogP contribution in [0.2, 0.25) is 0 Å². The predicted octanol–water partition coefficient (Wildman–Crippen LogP) is 1.91. The number of hydrogen-bond acceptors (Lipinski definition) is 2. The Morgan fingerprint density at radius 2 is 2.06 bits per heavy atom. The van der Waals surface area contributed by atoms with Gasteiger partial charge in [0, 0.05) is 24.4 Å². The zero-order valence-corrected chi connectivity index (χ0v) is 9.92. The summed E-state index contributed by atoms with van der Waals surface area (Å²) in [4.78, 5) is 11.9. The molecular formula is C13H15N3O. The number of aromatic nitrogens is 2. The van der Waals surface area contributed by atoms with E-state index in [1.54, 1.807) is 23.0 Å². The minimum Gasteiger partial charge on any atom is -0.345 e. The summed E-state index contributed by atoms with van der Waals surface area (Å²) in [7, 11) is 1.86. The van der Waals surface area contributed by atoms with E-state index in [1.165, 1.54) is 0 Å². The van der Waals surface area contributed by atoms with Crippen molar-refractivity contribution in [2.75, 3.05) is 0 Å². The molecule has 1 aromatic heterocycles. The van der Waals surface area contributed by atoms with Gasteiger partial charge in [-0.2, -0.15) is 5.10 Å². The summed E-state index contributed by atoms with van der Waals surface area (Å²) >= 11 is 0. The Bertz CT molecular complexity index is 504. The molecule has 1 heterocycles. The van der Waals surface area contributed by atoms with Gasteiger partial charge in [-0.1, -0.05) is 18.2 Å². The van der Waals surface area contributed by atoms with Crippen LogP contribution >= 0.6 is 0 Å². The lowest BCUT2D eigenvalue weighted by molar-refractivity contribution is 0.0940. The fourth-order valence-corrected chi connectivity index (χ4v) is 1.62. The zero-order valence-electron chi connectivity index (χ0n) is 9.92. The van der Waals surface area contributed by atoms with Crippen molar-refractivity contribution in [3.8, 4) is 0 Å². The second kappa shape index (κ2) is 4.82. The van der Waals surface area contributed by atoms with Gasteiger partial charge in [-0.05, 0) is 19.1 Å². The Hall–Kier alpha value is -2.10. The summed E-state index contributed by atoms with van der Waals surface area (Å²) in [5.74, 6) is -0.0676. The monoisotopic (exact) mass is 229 g/mol. The van der Waals surface area contributed by atoms with E-state index in [2.05, 4.69) is 10.4 Å². The van der Waals surface area contributed by atoms with Crippen LogP contribution < -0.4 is 5.32 Å². The smallest absolute Gasteiger partial charge is 0.251 e. The van der Waals surface area contributed by atoms with Crippen LogP contribution in [-0.4, -0.2) is 15.7 Å². The minimum atomic E-state index is -0.0676. The number of carbonyl (C=O) groups excluding carboxylic acids is 1. The van der Waals surface area contributed by atoms with Crippen LogP contribution in [0.15, 0.2) is 42.7 Å². The van der Waals surface area contributed by atoms with Crippen LogP contribution in [0, 0.1) is 0 Å². The molecule has 2 aromatic rings. The standard InChI is InChI=1S/C13H15N3O/c1-10(12-8-14-16(2)9-12)15-13(17)11-6-4-3-5-7-11/h3-10H,1-2H3,(H,15,17). The molecule has 1 aromatic carbocycles. The molecule has 4 nitrogen and oxygen atoms in total. The molecule has 0 aliphatic rings. The fraction of sp³-hybridized carbons (Fsp3) is 0.231. The van der Waals surface area contributed by atoms with E-state index in [0.29, 0.717) is 5.56 Å². The Labute approximate surface area is 100 Å². The average Bonchev–Trinajstić information content (AvgIpc) is 2.77. The van der Waals surface area contributed by atoms with E-state index in [9.17, 15) is 4.79 Å². The average molecular weight is 229 g/mol. The summed E-state index contributed by atoms with van der Waals surface area (Å²) in [6.45, 7) is 1.94. The Morgan fingerprint density at radius 3 is 2.65 bits per heavy atom. The molecule has 0 bridgehead atoms. The van der Waals surface area contributed by atoms with E-state index >= 15 is 0 Å². The highest BCUT2D eigenvalue weighted by atomic mass is 16.1. The second-order valence-electron chi connectivity index (χ2n) is 4.01. The summed E-state index contributed by atoms with van der Waals surface area (Å²) in [6, 6.07) is 9.14. The molecular weight excluding hydrogens is 214 g/mol. The SMILES string of the molecule is CC(NC(=O)c1ccccc1)c1cnn(C)c1. The third kappa shape index (κ3) is 2.72.